The Morgan fingerprint density at radius 2 is 1.48 bits per heavy atom. The number of halogens is 1. The number of hydrogen-bond donors (Lipinski definition) is 2. The highest BCUT2D eigenvalue weighted by Crippen LogP contribution is 2.32. The first-order valence-electron chi connectivity index (χ1n) is 17.8. The summed E-state index contributed by atoms with van der Waals surface area (Å²) in [5.41, 5.74) is 3.76. The van der Waals surface area contributed by atoms with Gasteiger partial charge in [-0.25, -0.2) is 21.6 Å². The van der Waals surface area contributed by atoms with Crippen LogP contribution in [0.4, 0.5) is 17.1 Å². The molecule has 2 N–H and O–H groups in total. The minimum Gasteiger partial charge on any atom is -0.378 e. The summed E-state index contributed by atoms with van der Waals surface area (Å²) in [6, 6.07) is 32.8. The molecule has 0 bridgehead atoms. The second kappa shape index (κ2) is 16.4. The topological polar surface area (TPSA) is 168 Å². The van der Waals surface area contributed by atoms with Crippen LogP contribution < -0.4 is 14.9 Å². The predicted molar refractivity (Wildman–Crippen MR) is 214 cm³/mol. The number of carbonyl (C=O) groups is 1. The van der Waals surface area contributed by atoms with Gasteiger partial charge >= 0.3 is 0 Å². The molecule has 0 saturated carbocycles. The standard InChI is InChI=1S/C40H38ClN5O8S2/c41-31-14-10-28(11-15-31)35-9-5-4-6-30(35)25-44-20-22-45(23-21-44)32-16-12-29(13-17-32)40(47)43-56(52,53)34-18-19-36(38(24-34)46(48)49)42-37-26-54-27-39(37)55(50,51)33-7-2-1-3-8-33/h1-19,24,37,39,42H,20-23,25-27H2,(H,43,47). The Hall–Kier alpha value is -5.32. The second-order valence-electron chi connectivity index (χ2n) is 13.5. The van der Waals surface area contributed by atoms with E-state index in [2.05, 4.69) is 27.2 Å². The van der Waals surface area contributed by atoms with Gasteiger partial charge in [-0.3, -0.25) is 19.8 Å². The summed E-state index contributed by atoms with van der Waals surface area (Å²) in [5.74, 6) is -0.900. The van der Waals surface area contributed by atoms with Crippen LogP contribution in [0.25, 0.3) is 11.1 Å². The fourth-order valence-corrected chi connectivity index (χ4v) is 9.81. The van der Waals surface area contributed by atoms with Crippen LogP contribution in [-0.4, -0.2) is 83.3 Å². The molecule has 1 amide bonds. The highest BCUT2D eigenvalue weighted by atomic mass is 35.5. The molecule has 290 valence electrons. The lowest BCUT2D eigenvalue weighted by molar-refractivity contribution is -0.384. The molecule has 0 aliphatic carbocycles. The Morgan fingerprint density at radius 1 is 0.804 bits per heavy atom. The van der Waals surface area contributed by atoms with Gasteiger partial charge in [0.15, 0.2) is 9.84 Å². The van der Waals surface area contributed by atoms with Gasteiger partial charge in [0.1, 0.15) is 10.9 Å². The third-order valence-corrected chi connectivity index (χ3v) is 13.7. The Bertz CT molecular complexity index is 2450. The Balaban J connectivity index is 0.969. The van der Waals surface area contributed by atoms with E-state index in [1.54, 1.807) is 30.3 Å². The van der Waals surface area contributed by atoms with Gasteiger partial charge in [0.2, 0.25) is 0 Å². The summed E-state index contributed by atoms with van der Waals surface area (Å²) >= 11 is 6.10. The van der Waals surface area contributed by atoms with Gasteiger partial charge in [-0.15, -0.1) is 0 Å². The van der Waals surface area contributed by atoms with E-state index in [4.69, 9.17) is 16.3 Å². The smallest absolute Gasteiger partial charge is 0.293 e. The van der Waals surface area contributed by atoms with Crippen molar-refractivity contribution < 1.29 is 31.3 Å². The molecule has 2 unspecified atom stereocenters. The van der Waals surface area contributed by atoms with Gasteiger partial charge in [0.05, 0.1) is 34.0 Å². The maximum Gasteiger partial charge on any atom is 0.293 e. The average molecular weight is 816 g/mol. The highest BCUT2D eigenvalue weighted by molar-refractivity contribution is 7.92. The number of amides is 1. The molecule has 0 spiro atoms. The van der Waals surface area contributed by atoms with E-state index >= 15 is 0 Å². The molecule has 2 fully saturated rings. The van der Waals surface area contributed by atoms with E-state index in [9.17, 15) is 31.7 Å². The first kappa shape index (κ1) is 38.9. The van der Waals surface area contributed by atoms with Crippen LogP contribution in [0, 0.1) is 10.1 Å². The van der Waals surface area contributed by atoms with Gasteiger partial charge in [0, 0.05) is 55.1 Å². The molecule has 5 aromatic carbocycles. The number of ether oxygens (including phenoxy) is 1. The number of nitrogens with one attached hydrogen (secondary N) is 2. The maximum atomic E-state index is 13.3. The van der Waals surface area contributed by atoms with Crippen LogP contribution >= 0.6 is 11.6 Å². The third-order valence-electron chi connectivity index (χ3n) is 9.98. The van der Waals surface area contributed by atoms with Gasteiger partial charge in [-0.2, -0.15) is 0 Å². The van der Waals surface area contributed by atoms with Gasteiger partial charge < -0.3 is 15.0 Å². The maximum absolute atomic E-state index is 13.3. The van der Waals surface area contributed by atoms with E-state index in [-0.39, 0.29) is 29.4 Å². The molecule has 2 aliphatic heterocycles. The number of nitrogens with zero attached hydrogens (tertiary/aromatic N) is 3. The zero-order valence-corrected chi connectivity index (χ0v) is 32.3. The number of benzene rings is 5. The Kier molecular flexibility index (Phi) is 11.4. The van der Waals surface area contributed by atoms with E-state index in [0.717, 1.165) is 61.7 Å². The fraction of sp³-hybridized carbons (Fsp3) is 0.225. The average Bonchev–Trinajstić information content (AvgIpc) is 3.68. The number of piperazine rings is 1. The number of carbonyl (C=O) groups excluding carboxylic acids is 1. The Labute approximate surface area is 330 Å². The molecule has 56 heavy (non-hydrogen) atoms. The van der Waals surface area contributed by atoms with Crippen molar-refractivity contribution in [2.75, 3.05) is 49.6 Å². The molecular formula is C40H38ClN5O8S2. The lowest BCUT2D eigenvalue weighted by Crippen LogP contribution is -2.46. The lowest BCUT2D eigenvalue weighted by atomic mass is 9.99. The summed E-state index contributed by atoms with van der Waals surface area (Å²) in [4.78, 5) is 28.6. The van der Waals surface area contributed by atoms with Crippen LogP contribution in [0.2, 0.25) is 5.02 Å². The third kappa shape index (κ3) is 8.56. The van der Waals surface area contributed by atoms with Crippen molar-refractivity contribution in [2.45, 2.75) is 27.6 Å². The van der Waals surface area contributed by atoms with Crippen molar-refractivity contribution in [1.82, 2.24) is 9.62 Å². The number of anilines is 2. The van der Waals surface area contributed by atoms with Crippen LogP contribution in [0.1, 0.15) is 15.9 Å². The molecule has 0 aromatic heterocycles. The summed E-state index contributed by atoms with van der Waals surface area (Å²) in [6.45, 7) is 3.77. The minimum atomic E-state index is -4.54. The van der Waals surface area contributed by atoms with Crippen molar-refractivity contribution in [1.29, 1.82) is 0 Å². The van der Waals surface area contributed by atoms with Crippen LogP contribution in [0.5, 0.6) is 0 Å². The molecule has 16 heteroatoms. The highest BCUT2D eigenvalue weighted by Gasteiger charge is 2.40. The van der Waals surface area contributed by atoms with Gasteiger partial charge in [-0.05, 0) is 77.4 Å². The van der Waals surface area contributed by atoms with Gasteiger partial charge in [0.25, 0.3) is 21.6 Å². The second-order valence-corrected chi connectivity index (χ2v) is 17.8. The predicted octanol–water partition coefficient (Wildman–Crippen LogP) is 6.01. The number of sulfone groups is 1. The van der Waals surface area contributed by atoms with E-state index < -0.39 is 52.6 Å². The van der Waals surface area contributed by atoms with Crippen molar-refractivity contribution in [3.8, 4) is 11.1 Å². The molecule has 7 rings (SSSR count). The van der Waals surface area contributed by atoms with Crippen molar-refractivity contribution in [3.63, 3.8) is 0 Å². The zero-order valence-electron chi connectivity index (χ0n) is 30.0. The summed E-state index contributed by atoms with van der Waals surface area (Å²) in [5, 5.41) is 14.6. The van der Waals surface area contributed by atoms with Crippen LogP contribution in [0.3, 0.4) is 0 Å². The number of hydrogen-bond acceptors (Lipinski definition) is 11. The zero-order chi connectivity index (χ0) is 39.5. The molecule has 5 aromatic rings. The first-order chi connectivity index (χ1) is 26.9. The van der Waals surface area contributed by atoms with E-state index in [0.29, 0.717) is 5.02 Å². The summed E-state index contributed by atoms with van der Waals surface area (Å²) < 4.78 is 60.6. The SMILES string of the molecule is O=C(NS(=O)(=O)c1ccc(NC2COCC2S(=O)(=O)c2ccccc2)c([N+](=O)[O-])c1)c1ccc(N2CCN(Cc3ccccc3-c3ccc(Cl)cc3)CC2)cc1. The lowest BCUT2D eigenvalue weighted by Gasteiger charge is -2.36. The quantitative estimate of drug-likeness (QED) is 0.112. The number of nitro benzene ring substituents is 1. The molecule has 13 nitrogen and oxygen atoms in total. The van der Waals surface area contributed by atoms with Crippen LogP contribution in [-0.2, 0) is 31.1 Å². The molecule has 2 saturated heterocycles. The van der Waals surface area contributed by atoms with E-state index in [1.165, 1.54) is 35.9 Å². The summed E-state index contributed by atoms with van der Waals surface area (Å²) in [6.07, 6.45) is 0. The van der Waals surface area contributed by atoms with Crippen molar-refractivity contribution in [2.24, 2.45) is 0 Å². The molecular weight excluding hydrogens is 778 g/mol. The number of sulfonamides is 1. The van der Waals surface area contributed by atoms with Crippen molar-refractivity contribution in [3.05, 3.63) is 148 Å². The fourth-order valence-electron chi connectivity index (χ4n) is 6.95. The first-order valence-corrected chi connectivity index (χ1v) is 21.2. The minimum absolute atomic E-state index is 0.0418. The number of rotatable bonds is 12. The van der Waals surface area contributed by atoms with E-state index in [1.807, 2.05) is 41.1 Å². The van der Waals surface area contributed by atoms with Gasteiger partial charge in [-0.1, -0.05) is 66.2 Å². The molecule has 2 atom stereocenters. The molecule has 2 heterocycles. The summed E-state index contributed by atoms with van der Waals surface area (Å²) in [7, 11) is -8.39. The monoisotopic (exact) mass is 815 g/mol. The Morgan fingerprint density at radius 3 is 2.18 bits per heavy atom. The van der Waals surface area contributed by atoms with Crippen LogP contribution in [0.15, 0.2) is 131 Å². The molecule has 0 radical (unpaired) electrons. The van der Waals surface area contributed by atoms with Crippen molar-refractivity contribution >= 4 is 54.4 Å². The largest absolute Gasteiger partial charge is 0.378 e. The number of nitro groups is 1. The normalized spacial score (nSPS) is 17.7. The molecule has 2 aliphatic rings.